The zero-order valence-corrected chi connectivity index (χ0v) is 14.5. The van der Waals surface area contributed by atoms with Gasteiger partial charge in [0.05, 0.1) is 23.6 Å². The smallest absolute Gasteiger partial charge is 0.237 e. The van der Waals surface area contributed by atoms with Crippen molar-refractivity contribution in [1.29, 1.82) is 0 Å². The number of methoxy groups -OCH3 is 1. The van der Waals surface area contributed by atoms with Crippen LogP contribution in [0.4, 0.5) is 5.69 Å². The fraction of sp³-hybridized carbons (Fsp3) is 0.143. The number of benzene rings is 2. The molecule has 0 bridgehead atoms. The van der Waals surface area contributed by atoms with Crippen LogP contribution in [0.3, 0.4) is 0 Å². The number of anilines is 1. The first-order valence-corrected chi connectivity index (χ1v) is 8.88. The molecule has 0 amide bonds. The van der Waals surface area contributed by atoms with Crippen LogP contribution in [0.15, 0.2) is 36.4 Å². The minimum Gasteiger partial charge on any atom is -0.495 e. The Balaban J connectivity index is 2.23. The van der Waals surface area contributed by atoms with Gasteiger partial charge in [-0.25, -0.2) is 8.42 Å². The largest absolute Gasteiger partial charge is 0.495 e. The van der Waals surface area contributed by atoms with Crippen LogP contribution in [0.5, 0.6) is 5.75 Å². The second kappa shape index (κ2) is 6.96. The standard InChI is InChI=1S/C14H12Cl3NO3S/c1-21-14-6-5-9(7-13(14)17)18-22(19,20)8-10-11(15)3-2-4-12(10)16/h2-7,18H,8H2,1H3. The summed E-state index contributed by atoms with van der Waals surface area (Å²) in [6.45, 7) is 0. The number of halogens is 3. The molecule has 0 fully saturated rings. The summed E-state index contributed by atoms with van der Waals surface area (Å²) >= 11 is 17.9. The van der Waals surface area contributed by atoms with E-state index in [9.17, 15) is 8.42 Å². The van der Waals surface area contributed by atoms with Crippen molar-refractivity contribution in [3.05, 3.63) is 57.0 Å². The van der Waals surface area contributed by atoms with E-state index < -0.39 is 10.0 Å². The van der Waals surface area contributed by atoms with E-state index in [2.05, 4.69) is 4.72 Å². The van der Waals surface area contributed by atoms with Crippen LogP contribution in [-0.2, 0) is 15.8 Å². The Bertz CT molecular complexity index is 774. The quantitative estimate of drug-likeness (QED) is 0.825. The van der Waals surface area contributed by atoms with Crippen molar-refractivity contribution >= 4 is 50.5 Å². The summed E-state index contributed by atoms with van der Waals surface area (Å²) in [7, 11) is -2.21. The third-order valence-electron chi connectivity index (χ3n) is 2.82. The second-order valence-electron chi connectivity index (χ2n) is 4.41. The molecular formula is C14H12Cl3NO3S. The van der Waals surface area contributed by atoms with Gasteiger partial charge in [-0.1, -0.05) is 40.9 Å². The molecular weight excluding hydrogens is 369 g/mol. The first kappa shape index (κ1) is 17.2. The molecule has 0 spiro atoms. The highest BCUT2D eigenvalue weighted by Gasteiger charge is 2.17. The Morgan fingerprint density at radius 3 is 2.23 bits per heavy atom. The van der Waals surface area contributed by atoms with E-state index in [1.54, 1.807) is 30.3 Å². The van der Waals surface area contributed by atoms with Crippen molar-refractivity contribution in [2.24, 2.45) is 0 Å². The topological polar surface area (TPSA) is 55.4 Å². The molecule has 4 nitrogen and oxygen atoms in total. The van der Waals surface area contributed by atoms with Gasteiger partial charge in [-0.2, -0.15) is 0 Å². The molecule has 8 heteroatoms. The molecule has 2 aromatic carbocycles. The minimum absolute atomic E-state index is 0.297. The first-order valence-electron chi connectivity index (χ1n) is 6.09. The van der Waals surface area contributed by atoms with Crippen molar-refractivity contribution < 1.29 is 13.2 Å². The molecule has 0 radical (unpaired) electrons. The van der Waals surface area contributed by atoms with Crippen molar-refractivity contribution in [3.63, 3.8) is 0 Å². The van der Waals surface area contributed by atoms with Gasteiger partial charge in [0.2, 0.25) is 10.0 Å². The van der Waals surface area contributed by atoms with Crippen LogP contribution in [0.1, 0.15) is 5.56 Å². The molecule has 118 valence electrons. The van der Waals surface area contributed by atoms with Gasteiger partial charge in [0.15, 0.2) is 0 Å². The van der Waals surface area contributed by atoms with Crippen LogP contribution < -0.4 is 9.46 Å². The van der Waals surface area contributed by atoms with Gasteiger partial charge in [-0.15, -0.1) is 0 Å². The van der Waals surface area contributed by atoms with Crippen molar-refractivity contribution in [1.82, 2.24) is 0 Å². The summed E-state index contributed by atoms with van der Waals surface area (Å²) in [5.74, 6) is 0.119. The molecule has 0 atom stereocenters. The lowest BCUT2D eigenvalue weighted by atomic mass is 10.2. The molecule has 0 aromatic heterocycles. The van der Waals surface area contributed by atoms with Crippen molar-refractivity contribution in [2.45, 2.75) is 5.75 Å². The van der Waals surface area contributed by atoms with Crippen molar-refractivity contribution in [2.75, 3.05) is 11.8 Å². The van der Waals surface area contributed by atoms with E-state index >= 15 is 0 Å². The van der Waals surface area contributed by atoms with E-state index in [0.29, 0.717) is 32.1 Å². The molecule has 0 saturated carbocycles. The lowest BCUT2D eigenvalue weighted by Crippen LogP contribution is -2.15. The van der Waals surface area contributed by atoms with E-state index in [1.807, 2.05) is 0 Å². The molecule has 22 heavy (non-hydrogen) atoms. The highest BCUT2D eigenvalue weighted by Crippen LogP contribution is 2.29. The Morgan fingerprint density at radius 2 is 1.68 bits per heavy atom. The highest BCUT2D eigenvalue weighted by molar-refractivity contribution is 7.91. The van der Waals surface area contributed by atoms with Gasteiger partial charge in [-0.05, 0) is 30.3 Å². The maximum absolute atomic E-state index is 12.2. The number of hydrogen-bond donors (Lipinski definition) is 1. The average Bonchev–Trinajstić information content (AvgIpc) is 2.43. The fourth-order valence-electron chi connectivity index (χ4n) is 1.81. The molecule has 2 rings (SSSR count). The van der Waals surface area contributed by atoms with E-state index in [0.717, 1.165) is 0 Å². The maximum atomic E-state index is 12.2. The number of hydrogen-bond acceptors (Lipinski definition) is 3. The van der Waals surface area contributed by atoms with Crippen LogP contribution in [0.2, 0.25) is 15.1 Å². The van der Waals surface area contributed by atoms with Gasteiger partial charge >= 0.3 is 0 Å². The summed E-state index contributed by atoms with van der Waals surface area (Å²) in [6.07, 6.45) is 0. The summed E-state index contributed by atoms with van der Waals surface area (Å²) < 4.78 is 31.9. The van der Waals surface area contributed by atoms with Crippen LogP contribution >= 0.6 is 34.8 Å². The lowest BCUT2D eigenvalue weighted by Gasteiger charge is -2.11. The molecule has 0 unspecified atom stereocenters. The predicted octanol–water partition coefficient (Wildman–Crippen LogP) is 4.60. The number of nitrogens with one attached hydrogen (secondary N) is 1. The Hall–Kier alpha value is -1.14. The molecule has 2 aromatic rings. The summed E-state index contributed by atoms with van der Waals surface area (Å²) in [6, 6.07) is 9.41. The average molecular weight is 381 g/mol. The van der Waals surface area contributed by atoms with Crippen LogP contribution in [-0.4, -0.2) is 15.5 Å². The minimum atomic E-state index is -3.69. The molecule has 0 heterocycles. The van der Waals surface area contributed by atoms with Crippen LogP contribution in [0.25, 0.3) is 0 Å². The van der Waals surface area contributed by atoms with Gasteiger partial charge in [0.25, 0.3) is 0 Å². The lowest BCUT2D eigenvalue weighted by molar-refractivity contribution is 0.415. The number of ether oxygens (including phenoxy) is 1. The maximum Gasteiger partial charge on any atom is 0.237 e. The van der Waals surface area contributed by atoms with Gasteiger partial charge in [0, 0.05) is 15.6 Å². The Morgan fingerprint density at radius 1 is 1.05 bits per heavy atom. The number of sulfonamides is 1. The van der Waals surface area contributed by atoms with E-state index in [4.69, 9.17) is 39.5 Å². The predicted molar refractivity (Wildman–Crippen MR) is 90.7 cm³/mol. The van der Waals surface area contributed by atoms with E-state index in [1.165, 1.54) is 13.2 Å². The highest BCUT2D eigenvalue weighted by atomic mass is 35.5. The van der Waals surface area contributed by atoms with Crippen molar-refractivity contribution in [3.8, 4) is 5.75 Å². The Kier molecular flexibility index (Phi) is 5.45. The fourth-order valence-corrected chi connectivity index (χ4v) is 4.00. The zero-order valence-electron chi connectivity index (χ0n) is 11.4. The summed E-state index contributed by atoms with van der Waals surface area (Å²) in [4.78, 5) is 0. The van der Waals surface area contributed by atoms with E-state index in [-0.39, 0.29) is 5.75 Å². The molecule has 0 aliphatic rings. The Labute approximate surface area is 144 Å². The first-order chi connectivity index (χ1) is 10.3. The monoisotopic (exact) mass is 379 g/mol. The molecule has 0 aliphatic carbocycles. The van der Waals surface area contributed by atoms with Gasteiger partial charge in [-0.3, -0.25) is 4.72 Å². The third kappa shape index (κ3) is 4.20. The molecule has 0 aliphatic heterocycles. The van der Waals surface area contributed by atoms with Gasteiger partial charge in [0.1, 0.15) is 5.75 Å². The summed E-state index contributed by atoms with van der Waals surface area (Å²) in [5.41, 5.74) is 0.673. The van der Waals surface area contributed by atoms with Gasteiger partial charge < -0.3 is 4.74 Å². The molecule has 1 N–H and O–H groups in total. The normalized spacial score (nSPS) is 11.3. The number of rotatable bonds is 5. The second-order valence-corrected chi connectivity index (χ2v) is 7.35. The zero-order chi connectivity index (χ0) is 16.3. The molecule has 0 saturated heterocycles. The summed E-state index contributed by atoms with van der Waals surface area (Å²) in [5, 5.41) is 0.898. The SMILES string of the molecule is COc1ccc(NS(=O)(=O)Cc2c(Cl)cccc2Cl)cc1Cl. The third-order valence-corrected chi connectivity index (χ3v) is 5.04. The van der Waals surface area contributed by atoms with Crippen LogP contribution in [0, 0.1) is 0 Å².